The zero-order valence-electron chi connectivity index (χ0n) is 14.1. The molecule has 7 heteroatoms. The molecule has 0 radical (unpaired) electrons. The van der Waals surface area contributed by atoms with Crippen molar-refractivity contribution in [1.82, 2.24) is 20.5 Å². The van der Waals surface area contributed by atoms with Crippen LogP contribution in [-0.4, -0.2) is 46.3 Å². The fourth-order valence-electron chi connectivity index (χ4n) is 4.19. The molecule has 0 saturated carbocycles. The minimum absolute atomic E-state index is 0.0588. The Kier molecular flexibility index (Phi) is 4.40. The molecule has 1 aromatic carbocycles. The quantitative estimate of drug-likeness (QED) is 0.864. The van der Waals surface area contributed by atoms with Gasteiger partial charge in [0.25, 0.3) is 5.91 Å². The van der Waals surface area contributed by atoms with Gasteiger partial charge >= 0.3 is 0 Å². The third-order valence-corrected chi connectivity index (χ3v) is 5.40. The Balaban J connectivity index is 1.67. The second-order valence-electron chi connectivity index (χ2n) is 6.87. The number of amides is 1. The van der Waals surface area contributed by atoms with Crippen molar-refractivity contribution in [3.05, 3.63) is 41.6 Å². The molecule has 4 rings (SSSR count). The van der Waals surface area contributed by atoms with E-state index in [2.05, 4.69) is 44.5 Å². The van der Waals surface area contributed by atoms with E-state index in [9.17, 15) is 4.79 Å². The van der Waals surface area contributed by atoms with E-state index >= 15 is 0 Å². The zero-order valence-corrected chi connectivity index (χ0v) is 14.1. The maximum Gasteiger partial charge on any atom is 0.280 e. The van der Waals surface area contributed by atoms with Crippen molar-refractivity contribution < 1.29 is 9.42 Å². The lowest BCUT2D eigenvalue weighted by Crippen LogP contribution is -2.47. The van der Waals surface area contributed by atoms with Crippen LogP contribution in [0.2, 0.25) is 0 Å². The number of nitrogen functional groups attached to an aromatic ring is 1. The van der Waals surface area contributed by atoms with Gasteiger partial charge in [-0.3, -0.25) is 4.79 Å². The van der Waals surface area contributed by atoms with Crippen LogP contribution in [0.5, 0.6) is 0 Å². The average Bonchev–Trinajstić information content (AvgIpc) is 3.18. The largest absolute Gasteiger partial charge is 0.379 e. The Morgan fingerprint density at radius 3 is 2.80 bits per heavy atom. The number of nitrogens with two attached hydrogens (primary N) is 1. The molecule has 25 heavy (non-hydrogen) atoms. The van der Waals surface area contributed by atoms with Crippen LogP contribution >= 0.6 is 0 Å². The van der Waals surface area contributed by atoms with Crippen molar-refractivity contribution >= 4 is 11.7 Å². The Bertz CT molecular complexity index is 732. The van der Waals surface area contributed by atoms with E-state index in [0.717, 1.165) is 19.4 Å². The third kappa shape index (κ3) is 3.00. The molecular weight excluding hydrogens is 318 g/mol. The van der Waals surface area contributed by atoms with E-state index in [1.54, 1.807) is 0 Å². The molecule has 3 heterocycles. The summed E-state index contributed by atoms with van der Waals surface area (Å²) in [7, 11) is 0. The van der Waals surface area contributed by atoms with E-state index in [-0.39, 0.29) is 35.4 Å². The number of aromatic nitrogens is 2. The number of fused-ring (bicyclic) bond motifs is 1. The zero-order chi connectivity index (χ0) is 17.2. The summed E-state index contributed by atoms with van der Waals surface area (Å²) in [5.41, 5.74) is 7.12. The number of carbonyl (C=O) groups excluding carboxylic acids is 1. The van der Waals surface area contributed by atoms with Gasteiger partial charge in [0.05, 0.1) is 0 Å². The van der Waals surface area contributed by atoms with Gasteiger partial charge < -0.3 is 16.0 Å². The van der Waals surface area contributed by atoms with Gasteiger partial charge in [0.1, 0.15) is 0 Å². The van der Waals surface area contributed by atoms with Gasteiger partial charge in [-0.25, -0.2) is 4.63 Å². The Hall–Kier alpha value is -2.41. The number of nitrogens with one attached hydrogen (secondary N) is 1. The predicted octanol–water partition coefficient (Wildman–Crippen LogP) is 1.79. The smallest absolute Gasteiger partial charge is 0.280 e. The summed E-state index contributed by atoms with van der Waals surface area (Å²) in [5.74, 6) is 0.132. The van der Waals surface area contributed by atoms with Crippen LogP contribution in [0.15, 0.2) is 35.0 Å². The van der Waals surface area contributed by atoms with Gasteiger partial charge in [-0.15, -0.1) is 0 Å². The second-order valence-corrected chi connectivity index (χ2v) is 6.87. The first-order chi connectivity index (χ1) is 12.3. The van der Waals surface area contributed by atoms with Crippen LogP contribution in [0.25, 0.3) is 0 Å². The van der Waals surface area contributed by atoms with Crippen molar-refractivity contribution in [2.24, 2.45) is 0 Å². The molecule has 3 N–H and O–H groups in total. The van der Waals surface area contributed by atoms with Gasteiger partial charge in [0.2, 0.25) is 11.5 Å². The van der Waals surface area contributed by atoms with Crippen molar-refractivity contribution in [3.8, 4) is 0 Å². The molecule has 7 nitrogen and oxygen atoms in total. The number of hydrogen-bond acceptors (Lipinski definition) is 6. The van der Waals surface area contributed by atoms with E-state index < -0.39 is 0 Å². The van der Waals surface area contributed by atoms with E-state index in [4.69, 9.17) is 5.73 Å². The van der Waals surface area contributed by atoms with Crippen LogP contribution in [0, 0.1) is 0 Å². The topological polar surface area (TPSA) is 97.3 Å². The molecule has 1 aromatic heterocycles. The molecule has 0 unspecified atom stereocenters. The summed E-state index contributed by atoms with van der Waals surface area (Å²) in [5, 5.41) is 11.0. The van der Waals surface area contributed by atoms with Gasteiger partial charge in [-0.2, -0.15) is 0 Å². The normalized spacial score (nSPS) is 26.7. The number of nitrogens with zero attached hydrogens (tertiary/aromatic N) is 3. The third-order valence-electron chi connectivity index (χ3n) is 5.40. The minimum Gasteiger partial charge on any atom is -0.379 e. The second kappa shape index (κ2) is 6.84. The van der Waals surface area contributed by atoms with Crippen LogP contribution in [0.1, 0.15) is 47.7 Å². The van der Waals surface area contributed by atoms with Gasteiger partial charge in [-0.1, -0.05) is 43.2 Å². The van der Waals surface area contributed by atoms with Crippen molar-refractivity contribution in [3.63, 3.8) is 0 Å². The monoisotopic (exact) mass is 341 g/mol. The van der Waals surface area contributed by atoms with Crippen molar-refractivity contribution in [2.75, 3.05) is 18.8 Å². The van der Waals surface area contributed by atoms with E-state index in [1.807, 2.05) is 11.0 Å². The molecule has 2 fully saturated rings. The first-order valence-electron chi connectivity index (χ1n) is 8.93. The summed E-state index contributed by atoms with van der Waals surface area (Å²) >= 11 is 0. The standard InChI is InChI=1S/C18H23N5O2/c19-17-16(21-25-22-17)18(24)23-11-13(12-7-3-1-4-8-12)15-14(23)9-5-2-6-10-20-15/h1,3-4,7-8,13-15,20H,2,5-6,9-11H2,(H2,19,22)/t13-,14-,15-/m0/s1. The molecule has 2 aliphatic heterocycles. The predicted molar refractivity (Wildman–Crippen MR) is 93.0 cm³/mol. The van der Waals surface area contributed by atoms with Crippen molar-refractivity contribution in [1.29, 1.82) is 0 Å². The number of hydrogen-bond donors (Lipinski definition) is 2. The molecule has 3 atom stereocenters. The summed E-state index contributed by atoms with van der Waals surface area (Å²) in [4.78, 5) is 14.9. The SMILES string of the molecule is Nc1nonc1C(=O)N1C[C@@H](c2ccccc2)[C@@H]2NCCCCC[C@@H]21. The highest BCUT2D eigenvalue weighted by molar-refractivity contribution is 5.96. The van der Waals surface area contributed by atoms with Crippen LogP contribution in [0.3, 0.4) is 0 Å². The van der Waals surface area contributed by atoms with Crippen LogP contribution in [0.4, 0.5) is 5.82 Å². The molecule has 0 spiro atoms. The molecule has 2 aromatic rings. The fraction of sp³-hybridized carbons (Fsp3) is 0.500. The van der Waals surface area contributed by atoms with E-state index in [1.165, 1.54) is 18.4 Å². The Labute approximate surface area is 146 Å². The molecule has 0 bridgehead atoms. The van der Waals surface area contributed by atoms with E-state index in [0.29, 0.717) is 6.54 Å². The lowest BCUT2D eigenvalue weighted by molar-refractivity contribution is 0.0702. The molecular formula is C18H23N5O2. The molecule has 2 saturated heterocycles. The van der Waals surface area contributed by atoms with Gasteiger partial charge in [0, 0.05) is 24.5 Å². The maximum atomic E-state index is 13.0. The number of benzene rings is 1. The number of anilines is 1. The highest BCUT2D eigenvalue weighted by Crippen LogP contribution is 2.36. The summed E-state index contributed by atoms with van der Waals surface area (Å²) < 4.78 is 4.63. The first-order valence-corrected chi connectivity index (χ1v) is 8.93. The minimum atomic E-state index is -0.186. The molecule has 132 valence electrons. The lowest BCUT2D eigenvalue weighted by Gasteiger charge is -2.31. The number of carbonyl (C=O) groups is 1. The lowest BCUT2D eigenvalue weighted by atomic mass is 9.88. The fourth-order valence-corrected chi connectivity index (χ4v) is 4.19. The molecule has 0 aliphatic carbocycles. The molecule has 1 amide bonds. The number of likely N-dealkylation sites (tertiary alicyclic amines) is 1. The van der Waals surface area contributed by atoms with Crippen molar-refractivity contribution in [2.45, 2.75) is 43.7 Å². The molecule has 2 aliphatic rings. The first kappa shape index (κ1) is 16.1. The van der Waals surface area contributed by atoms with Gasteiger partial charge in [-0.05, 0) is 35.3 Å². The van der Waals surface area contributed by atoms with Crippen LogP contribution in [-0.2, 0) is 0 Å². The highest BCUT2D eigenvalue weighted by atomic mass is 16.6. The Morgan fingerprint density at radius 1 is 1.20 bits per heavy atom. The highest BCUT2D eigenvalue weighted by Gasteiger charge is 2.45. The average molecular weight is 341 g/mol. The number of rotatable bonds is 2. The van der Waals surface area contributed by atoms with Crippen LogP contribution < -0.4 is 11.1 Å². The summed E-state index contributed by atoms with van der Waals surface area (Å²) in [6.45, 7) is 1.64. The Morgan fingerprint density at radius 2 is 2.04 bits per heavy atom. The summed E-state index contributed by atoms with van der Waals surface area (Å²) in [6.07, 6.45) is 4.47. The van der Waals surface area contributed by atoms with Gasteiger partial charge in [0.15, 0.2) is 0 Å². The maximum absolute atomic E-state index is 13.0. The summed E-state index contributed by atoms with van der Waals surface area (Å²) in [6, 6.07) is 10.8.